The van der Waals surface area contributed by atoms with Gasteiger partial charge in [0.05, 0.1) is 33.2 Å². The van der Waals surface area contributed by atoms with E-state index in [4.69, 9.17) is 4.74 Å². The van der Waals surface area contributed by atoms with Gasteiger partial charge < -0.3 is 19.1 Å². The van der Waals surface area contributed by atoms with Crippen LogP contribution in [0.25, 0.3) is 36.8 Å². The minimum atomic E-state index is -0.0636. The van der Waals surface area contributed by atoms with Gasteiger partial charge in [0.25, 0.3) is 6.71 Å². The Morgan fingerprint density at radius 3 is 1.91 bits per heavy atom. The molecule has 334 valence electrons. The molecule has 2 aromatic heterocycles. The number of allylic oxidation sites excluding steroid dienone is 4. The summed E-state index contributed by atoms with van der Waals surface area (Å²) >= 11 is 1.90. The molecule has 0 radical (unpaired) electrons. The number of para-hydroxylation sites is 1. The summed E-state index contributed by atoms with van der Waals surface area (Å²) in [6, 6.07) is 53.8. The zero-order chi connectivity index (χ0) is 46.6. The first kappa shape index (κ1) is 41.4. The maximum Gasteiger partial charge on any atom is 0.252 e. The van der Waals surface area contributed by atoms with Crippen LogP contribution in [-0.4, -0.2) is 11.3 Å². The van der Waals surface area contributed by atoms with Crippen LogP contribution in [0, 0.1) is 0 Å². The average Bonchev–Trinajstić information content (AvgIpc) is 4.00. The lowest BCUT2D eigenvalue weighted by Gasteiger charge is -2.42. The van der Waals surface area contributed by atoms with E-state index in [1.54, 1.807) is 0 Å². The van der Waals surface area contributed by atoms with Gasteiger partial charge in [-0.3, -0.25) is 0 Å². The van der Waals surface area contributed by atoms with Crippen LogP contribution >= 0.6 is 11.3 Å². The monoisotopic (exact) mass is 901 g/mol. The average molecular weight is 902 g/mol. The van der Waals surface area contributed by atoms with E-state index in [1.807, 2.05) is 11.3 Å². The molecule has 0 bridgehead atoms. The second kappa shape index (κ2) is 14.4. The fourth-order valence-corrected chi connectivity index (χ4v) is 12.8. The van der Waals surface area contributed by atoms with Crippen molar-refractivity contribution < 1.29 is 4.74 Å². The molecule has 0 N–H and O–H groups in total. The molecule has 68 heavy (non-hydrogen) atoms. The predicted molar refractivity (Wildman–Crippen MR) is 291 cm³/mol. The second-order valence-electron chi connectivity index (χ2n) is 22.6. The number of aromatic nitrogens is 1. The van der Waals surface area contributed by atoms with E-state index >= 15 is 0 Å². The van der Waals surface area contributed by atoms with Gasteiger partial charge in [-0.15, -0.1) is 11.3 Å². The number of benzene rings is 7. The normalized spacial score (nSPS) is 15.9. The van der Waals surface area contributed by atoms with Crippen molar-refractivity contribution in [2.45, 2.75) is 90.9 Å². The number of hydrogen-bond donors (Lipinski definition) is 0. The lowest BCUT2D eigenvalue weighted by atomic mass is 9.33. The van der Waals surface area contributed by atoms with E-state index < -0.39 is 0 Å². The molecule has 3 aliphatic heterocycles. The number of hydrogen-bond acceptors (Lipinski definition) is 4. The SMILES string of the molecule is CC(C)(C)c1ccc(N(c2ccc(C(C)(C)C)cc2)c2cc3c4c(c2)-n2c5c(c6cccc(c62)B4c2ccc(C(C)(C)C)cc2N3c2cccc3c2sc2ccccc23)OC2=CC=CCC25)cc1. The Morgan fingerprint density at radius 1 is 0.574 bits per heavy atom. The lowest BCUT2D eigenvalue weighted by Crippen LogP contribution is -2.60. The van der Waals surface area contributed by atoms with Gasteiger partial charge in [-0.05, 0) is 122 Å². The number of thiophene rings is 1. The summed E-state index contributed by atoms with van der Waals surface area (Å²) in [5.41, 5.74) is 18.6. The van der Waals surface area contributed by atoms with Gasteiger partial charge in [0.1, 0.15) is 5.76 Å². The Kier molecular flexibility index (Phi) is 8.76. The van der Waals surface area contributed by atoms with Gasteiger partial charge >= 0.3 is 0 Å². The van der Waals surface area contributed by atoms with E-state index in [1.165, 1.54) is 92.6 Å². The maximum atomic E-state index is 6.97. The first-order valence-corrected chi connectivity index (χ1v) is 25.2. The Bertz CT molecular complexity index is 3590. The molecule has 4 nitrogen and oxygen atoms in total. The minimum Gasteiger partial charge on any atom is -0.458 e. The summed E-state index contributed by atoms with van der Waals surface area (Å²) in [5.74, 6) is 2.17. The van der Waals surface area contributed by atoms with Crippen molar-refractivity contribution in [1.82, 2.24) is 4.57 Å². The van der Waals surface area contributed by atoms with Crippen molar-refractivity contribution in [2.24, 2.45) is 0 Å². The zero-order valence-electron chi connectivity index (χ0n) is 40.5. The molecule has 1 aliphatic carbocycles. The zero-order valence-corrected chi connectivity index (χ0v) is 41.3. The predicted octanol–water partition coefficient (Wildman–Crippen LogP) is 15.3. The fraction of sp³-hybridized carbons (Fsp3) is 0.226. The number of rotatable bonds is 4. The topological polar surface area (TPSA) is 20.6 Å². The highest BCUT2D eigenvalue weighted by molar-refractivity contribution is 7.26. The van der Waals surface area contributed by atoms with Crippen molar-refractivity contribution in [3.05, 3.63) is 186 Å². The first-order chi connectivity index (χ1) is 32.6. The third-order valence-electron chi connectivity index (χ3n) is 15.2. The molecule has 6 heteroatoms. The van der Waals surface area contributed by atoms with Gasteiger partial charge in [0.2, 0.25) is 0 Å². The van der Waals surface area contributed by atoms with Crippen molar-refractivity contribution in [1.29, 1.82) is 0 Å². The largest absolute Gasteiger partial charge is 0.458 e. The number of anilines is 6. The van der Waals surface area contributed by atoms with Crippen LogP contribution < -0.4 is 30.9 Å². The smallest absolute Gasteiger partial charge is 0.252 e. The van der Waals surface area contributed by atoms with E-state index in [0.29, 0.717) is 0 Å². The molecule has 1 atom stereocenters. The van der Waals surface area contributed by atoms with Crippen molar-refractivity contribution in [3.63, 3.8) is 0 Å². The number of ether oxygens (including phenoxy) is 1. The molecule has 5 heterocycles. The summed E-state index contributed by atoms with van der Waals surface area (Å²) in [5, 5.41) is 3.78. The summed E-state index contributed by atoms with van der Waals surface area (Å²) in [6.07, 6.45) is 7.54. The van der Waals surface area contributed by atoms with E-state index in [2.05, 4.69) is 234 Å². The van der Waals surface area contributed by atoms with Gasteiger partial charge in [0.15, 0.2) is 5.75 Å². The van der Waals surface area contributed by atoms with E-state index in [-0.39, 0.29) is 28.9 Å². The Morgan fingerprint density at radius 2 is 1.21 bits per heavy atom. The molecule has 0 spiro atoms. The molecular formula is C62H56BN3OS. The van der Waals surface area contributed by atoms with Gasteiger partial charge in [-0.25, -0.2) is 0 Å². The standard InChI is InChI=1S/C62H56BN3OS/c1-60(2,3)37-24-29-40(30-25-37)64(41-31-26-38(27-32-41)61(4,5)6)42-35-51-55-52(36-42)66-56-46(58-57(66)45-17-10-12-22-53(45)67-58)19-14-20-48(56)63(55)47-33-28-39(62(7,8)9)34-50(47)65(51)49-21-15-18-44-43-16-11-13-23-54(43)68-59(44)49/h10-16,18-36,45H,17H2,1-9H3. The van der Waals surface area contributed by atoms with Gasteiger partial charge in [-0.2, -0.15) is 0 Å². The third-order valence-corrected chi connectivity index (χ3v) is 16.4. The van der Waals surface area contributed by atoms with Crippen LogP contribution in [0.4, 0.5) is 34.1 Å². The van der Waals surface area contributed by atoms with Crippen LogP contribution in [0.3, 0.4) is 0 Å². The van der Waals surface area contributed by atoms with Gasteiger partial charge in [0, 0.05) is 49.3 Å². The minimum absolute atomic E-state index is 0.00555. The maximum absolute atomic E-state index is 6.97. The first-order valence-electron chi connectivity index (χ1n) is 24.4. The molecule has 0 saturated heterocycles. The van der Waals surface area contributed by atoms with Crippen LogP contribution in [0.5, 0.6) is 5.75 Å². The van der Waals surface area contributed by atoms with E-state index in [9.17, 15) is 0 Å². The second-order valence-corrected chi connectivity index (χ2v) is 23.6. The summed E-state index contributed by atoms with van der Waals surface area (Å²) in [6.45, 7) is 20.8. The molecule has 4 aliphatic rings. The quantitative estimate of drug-likeness (QED) is 0.164. The van der Waals surface area contributed by atoms with Crippen molar-refractivity contribution in [2.75, 3.05) is 9.80 Å². The molecule has 7 aromatic carbocycles. The van der Waals surface area contributed by atoms with Crippen LogP contribution in [0.1, 0.15) is 97.0 Å². The molecule has 13 rings (SSSR count). The van der Waals surface area contributed by atoms with E-state index in [0.717, 1.165) is 35.0 Å². The Hall–Kier alpha value is -6.76. The molecular weight excluding hydrogens is 846 g/mol. The molecule has 0 saturated carbocycles. The van der Waals surface area contributed by atoms with Crippen LogP contribution in [0.2, 0.25) is 0 Å². The van der Waals surface area contributed by atoms with Crippen molar-refractivity contribution in [3.8, 4) is 11.4 Å². The molecule has 9 aromatic rings. The lowest BCUT2D eigenvalue weighted by molar-refractivity contribution is 0.428. The van der Waals surface area contributed by atoms with Gasteiger partial charge in [-0.1, -0.05) is 153 Å². The van der Waals surface area contributed by atoms with Crippen LogP contribution in [-0.2, 0) is 16.2 Å². The fourth-order valence-electron chi connectivity index (χ4n) is 11.6. The summed E-state index contributed by atoms with van der Waals surface area (Å²) in [4.78, 5) is 5.14. The summed E-state index contributed by atoms with van der Waals surface area (Å²) < 4.78 is 12.2. The summed E-state index contributed by atoms with van der Waals surface area (Å²) in [7, 11) is 0. The number of nitrogens with zero attached hydrogens (tertiary/aromatic N) is 3. The Labute approximate surface area is 404 Å². The highest BCUT2D eigenvalue weighted by Crippen LogP contribution is 2.54. The molecule has 0 amide bonds. The van der Waals surface area contributed by atoms with Crippen molar-refractivity contribution >= 4 is 99.6 Å². The van der Waals surface area contributed by atoms with Crippen LogP contribution in [0.15, 0.2) is 164 Å². The molecule has 1 unspecified atom stereocenters. The third kappa shape index (κ3) is 6.05. The molecule has 0 fully saturated rings. The Balaban J connectivity index is 1.17. The highest BCUT2D eigenvalue weighted by atomic mass is 32.1. The highest BCUT2D eigenvalue weighted by Gasteiger charge is 2.47. The number of fused-ring (bicyclic) bond motifs is 12.